The summed E-state index contributed by atoms with van der Waals surface area (Å²) in [7, 11) is 0. The summed E-state index contributed by atoms with van der Waals surface area (Å²) < 4.78 is 4.42. The van der Waals surface area contributed by atoms with Crippen molar-refractivity contribution in [3.63, 3.8) is 0 Å². The first-order chi connectivity index (χ1) is 5.99. The molecule has 0 spiro atoms. The second-order valence-corrected chi connectivity index (χ2v) is 3.02. The zero-order valence-electron chi connectivity index (χ0n) is 7.48. The molecule has 0 aliphatic rings. The van der Waals surface area contributed by atoms with Gasteiger partial charge in [0.2, 0.25) is 0 Å². The Morgan fingerprint density at radius 2 is 2.08 bits per heavy atom. The summed E-state index contributed by atoms with van der Waals surface area (Å²) in [4.78, 5) is 21.4. The van der Waals surface area contributed by atoms with Gasteiger partial charge in [-0.3, -0.25) is 0 Å². The van der Waals surface area contributed by atoms with Crippen LogP contribution in [0.15, 0.2) is 0 Å². The number of ether oxygens (including phenoxy) is 1. The van der Waals surface area contributed by atoms with E-state index in [1.165, 1.54) is 0 Å². The minimum absolute atomic E-state index is 0.0731. The van der Waals surface area contributed by atoms with Crippen molar-refractivity contribution in [1.82, 2.24) is 5.32 Å². The van der Waals surface area contributed by atoms with E-state index in [0.29, 0.717) is 0 Å². The number of amides is 1. The van der Waals surface area contributed by atoms with Gasteiger partial charge in [-0.25, -0.2) is 9.59 Å². The first-order valence-electron chi connectivity index (χ1n) is 3.76. The van der Waals surface area contributed by atoms with E-state index in [0.717, 1.165) is 0 Å². The van der Waals surface area contributed by atoms with Crippen LogP contribution < -0.4 is 5.32 Å². The smallest absolute Gasteiger partial charge is 0.408 e. The lowest BCUT2D eigenvalue weighted by Gasteiger charge is -2.16. The van der Waals surface area contributed by atoms with Gasteiger partial charge < -0.3 is 15.2 Å². The van der Waals surface area contributed by atoms with Gasteiger partial charge in [0.1, 0.15) is 12.0 Å². The quantitative estimate of drug-likeness (QED) is 0.469. The standard InChI is InChI=1S/C7H13NO4S/c1-4(2)5(6(9)10)8-7(11)12-3-13/h4-5,13H,3H2,1-2H3,(H,8,11)(H,9,10). The minimum atomic E-state index is -1.08. The molecule has 6 heteroatoms. The highest BCUT2D eigenvalue weighted by molar-refractivity contribution is 7.80. The molecule has 2 N–H and O–H groups in total. The summed E-state index contributed by atoms with van der Waals surface area (Å²) in [6.07, 6.45) is -0.767. The minimum Gasteiger partial charge on any atom is -0.480 e. The van der Waals surface area contributed by atoms with Crippen LogP contribution in [0.4, 0.5) is 4.79 Å². The number of carbonyl (C=O) groups is 2. The van der Waals surface area contributed by atoms with Gasteiger partial charge in [-0.15, -0.1) is 12.6 Å². The largest absolute Gasteiger partial charge is 0.480 e. The maximum atomic E-state index is 10.8. The third-order valence-corrected chi connectivity index (χ3v) is 1.53. The number of carboxylic acids is 1. The van der Waals surface area contributed by atoms with E-state index in [2.05, 4.69) is 22.7 Å². The van der Waals surface area contributed by atoms with Gasteiger partial charge in [0.05, 0.1) is 0 Å². The molecule has 0 bridgehead atoms. The molecule has 1 unspecified atom stereocenters. The third kappa shape index (κ3) is 4.62. The Balaban J connectivity index is 4.10. The van der Waals surface area contributed by atoms with Gasteiger partial charge in [-0.1, -0.05) is 13.8 Å². The van der Waals surface area contributed by atoms with Crippen molar-refractivity contribution in [1.29, 1.82) is 0 Å². The van der Waals surface area contributed by atoms with Gasteiger partial charge >= 0.3 is 12.1 Å². The predicted octanol–water partition coefficient (Wildman–Crippen LogP) is 0.709. The Hall–Kier alpha value is -0.910. The SMILES string of the molecule is CC(C)C(NC(=O)OCS)C(=O)O. The summed E-state index contributed by atoms with van der Waals surface area (Å²) in [5, 5.41) is 10.9. The maximum Gasteiger partial charge on any atom is 0.408 e. The molecule has 13 heavy (non-hydrogen) atoms. The van der Waals surface area contributed by atoms with E-state index < -0.39 is 18.1 Å². The molecular weight excluding hydrogens is 194 g/mol. The van der Waals surface area contributed by atoms with Gasteiger partial charge in [-0.2, -0.15) is 0 Å². The average molecular weight is 207 g/mol. The number of nitrogens with one attached hydrogen (secondary N) is 1. The van der Waals surface area contributed by atoms with E-state index in [1.807, 2.05) is 0 Å². The molecule has 0 fully saturated rings. The van der Waals surface area contributed by atoms with Crippen LogP contribution in [0.3, 0.4) is 0 Å². The van der Waals surface area contributed by atoms with Crippen molar-refractivity contribution < 1.29 is 19.4 Å². The molecular formula is C7H13NO4S. The highest BCUT2D eigenvalue weighted by Crippen LogP contribution is 2.01. The van der Waals surface area contributed by atoms with E-state index in [4.69, 9.17) is 5.11 Å². The Kier molecular flexibility index (Phi) is 5.29. The Morgan fingerprint density at radius 3 is 2.38 bits per heavy atom. The van der Waals surface area contributed by atoms with Crippen molar-refractivity contribution >= 4 is 24.7 Å². The monoisotopic (exact) mass is 207 g/mol. The fraction of sp³-hybridized carbons (Fsp3) is 0.714. The second kappa shape index (κ2) is 5.69. The number of aliphatic carboxylic acids is 1. The maximum absolute atomic E-state index is 10.8. The second-order valence-electron chi connectivity index (χ2n) is 2.77. The number of carbonyl (C=O) groups excluding carboxylic acids is 1. The van der Waals surface area contributed by atoms with Crippen LogP contribution in [0.5, 0.6) is 0 Å². The van der Waals surface area contributed by atoms with Gasteiger partial charge in [-0.05, 0) is 5.92 Å². The lowest BCUT2D eigenvalue weighted by molar-refractivity contribution is -0.140. The van der Waals surface area contributed by atoms with Crippen LogP contribution in [0.1, 0.15) is 13.8 Å². The van der Waals surface area contributed by atoms with Gasteiger partial charge in [0.15, 0.2) is 0 Å². The summed E-state index contributed by atoms with van der Waals surface area (Å²) in [5.74, 6) is -1.34. The molecule has 1 atom stereocenters. The molecule has 0 radical (unpaired) electrons. The highest BCUT2D eigenvalue weighted by Gasteiger charge is 2.23. The molecule has 0 saturated carbocycles. The van der Waals surface area contributed by atoms with Gasteiger partial charge in [0.25, 0.3) is 0 Å². The van der Waals surface area contributed by atoms with Crippen molar-refractivity contribution in [3.05, 3.63) is 0 Å². The number of alkyl carbamates (subject to hydrolysis) is 1. The molecule has 0 aromatic carbocycles. The topological polar surface area (TPSA) is 75.6 Å². The molecule has 0 aromatic heterocycles. The van der Waals surface area contributed by atoms with Crippen LogP contribution >= 0.6 is 12.6 Å². The van der Waals surface area contributed by atoms with E-state index >= 15 is 0 Å². The number of thiol groups is 1. The predicted molar refractivity (Wildman–Crippen MR) is 49.7 cm³/mol. The van der Waals surface area contributed by atoms with Crippen LogP contribution in [-0.2, 0) is 9.53 Å². The zero-order valence-corrected chi connectivity index (χ0v) is 8.38. The van der Waals surface area contributed by atoms with Crippen LogP contribution in [-0.4, -0.2) is 29.1 Å². The molecule has 0 aromatic rings. The van der Waals surface area contributed by atoms with E-state index in [-0.39, 0.29) is 11.9 Å². The zero-order chi connectivity index (χ0) is 10.4. The van der Waals surface area contributed by atoms with Crippen molar-refractivity contribution in [2.24, 2.45) is 5.92 Å². The highest BCUT2D eigenvalue weighted by atomic mass is 32.1. The lowest BCUT2D eigenvalue weighted by atomic mass is 10.1. The summed E-state index contributed by atoms with van der Waals surface area (Å²) >= 11 is 3.66. The molecule has 5 nitrogen and oxygen atoms in total. The first-order valence-corrected chi connectivity index (χ1v) is 4.39. The number of rotatable bonds is 4. The molecule has 0 aliphatic carbocycles. The van der Waals surface area contributed by atoms with Crippen molar-refractivity contribution in [2.45, 2.75) is 19.9 Å². The fourth-order valence-electron chi connectivity index (χ4n) is 0.741. The van der Waals surface area contributed by atoms with Crippen LogP contribution in [0.2, 0.25) is 0 Å². The fourth-order valence-corrected chi connectivity index (χ4v) is 0.858. The number of carboxylic acid groups (broad SMARTS) is 1. The molecule has 0 aliphatic heterocycles. The molecule has 76 valence electrons. The summed E-state index contributed by atoms with van der Waals surface area (Å²) in [6.45, 7) is 3.39. The summed E-state index contributed by atoms with van der Waals surface area (Å²) in [6, 6.07) is -0.924. The third-order valence-electron chi connectivity index (χ3n) is 1.40. The molecule has 0 saturated heterocycles. The molecule has 0 rings (SSSR count). The normalized spacial score (nSPS) is 12.3. The number of hydrogen-bond acceptors (Lipinski definition) is 4. The van der Waals surface area contributed by atoms with Gasteiger partial charge in [0, 0.05) is 0 Å². The Labute approximate surface area is 81.9 Å². The Bertz CT molecular complexity index is 195. The molecule has 0 heterocycles. The van der Waals surface area contributed by atoms with Crippen LogP contribution in [0.25, 0.3) is 0 Å². The van der Waals surface area contributed by atoms with E-state index in [9.17, 15) is 9.59 Å². The summed E-state index contributed by atoms with van der Waals surface area (Å²) in [5.41, 5.74) is 0. The molecule has 1 amide bonds. The van der Waals surface area contributed by atoms with Crippen molar-refractivity contribution in [2.75, 3.05) is 5.94 Å². The average Bonchev–Trinajstić information content (AvgIpc) is 1.99. The number of hydrogen-bond donors (Lipinski definition) is 3. The van der Waals surface area contributed by atoms with Crippen molar-refractivity contribution in [3.8, 4) is 0 Å². The first kappa shape index (κ1) is 12.1. The lowest BCUT2D eigenvalue weighted by Crippen LogP contribution is -2.44. The van der Waals surface area contributed by atoms with E-state index in [1.54, 1.807) is 13.8 Å². The Morgan fingerprint density at radius 1 is 1.54 bits per heavy atom. The van der Waals surface area contributed by atoms with Crippen LogP contribution in [0, 0.1) is 5.92 Å².